The normalized spacial score (nSPS) is 14.3. The fraction of sp³-hybridized carbons (Fsp3) is 0.333. The predicted octanol–water partition coefficient (Wildman–Crippen LogP) is 3.97. The summed E-state index contributed by atoms with van der Waals surface area (Å²) in [4.78, 5) is 0. The molecule has 2 rings (SSSR count). The van der Waals surface area contributed by atoms with Crippen molar-refractivity contribution in [3.05, 3.63) is 65.0 Å². The number of rotatable bonds is 7. The lowest BCUT2D eigenvalue weighted by Gasteiger charge is -2.21. The molecule has 2 aromatic rings. The molecule has 0 heterocycles. The average Bonchev–Trinajstić information content (AvgIpc) is 2.57. The fourth-order valence-corrected chi connectivity index (χ4v) is 2.36. The number of halogens is 5. The third kappa shape index (κ3) is 4.92. The first-order valence-electron chi connectivity index (χ1n) is 7.74. The first-order chi connectivity index (χ1) is 12.1. The number of hydrogen-bond donors (Lipinski definition) is 2. The number of alkyl halides is 4. The van der Waals surface area contributed by atoms with Crippen LogP contribution in [0.25, 0.3) is 0 Å². The Bertz CT molecular complexity index is 737. The van der Waals surface area contributed by atoms with Gasteiger partial charge >= 0.3 is 12.5 Å². The Kier molecular flexibility index (Phi) is 6.20. The molecule has 0 aliphatic rings. The SMILES string of the molecule is Cc1ccc(CC(N)C(O)c2ccc(F)cc2)cc1OC(F)(F)C(F)F. The molecule has 2 unspecified atom stereocenters. The molecule has 0 saturated carbocycles. The summed E-state index contributed by atoms with van der Waals surface area (Å²) in [6, 6.07) is 8.47. The monoisotopic (exact) mass is 375 g/mol. The minimum Gasteiger partial charge on any atom is -0.428 e. The minimum absolute atomic E-state index is 0.0649. The Labute approximate surface area is 147 Å². The molecule has 0 amide bonds. The molecule has 0 bridgehead atoms. The predicted molar refractivity (Wildman–Crippen MR) is 85.8 cm³/mol. The van der Waals surface area contributed by atoms with E-state index in [1.807, 2.05) is 0 Å². The van der Waals surface area contributed by atoms with E-state index in [9.17, 15) is 27.1 Å². The molecule has 8 heteroatoms. The van der Waals surface area contributed by atoms with E-state index < -0.39 is 36.2 Å². The van der Waals surface area contributed by atoms with E-state index in [-0.39, 0.29) is 12.0 Å². The Morgan fingerprint density at radius 1 is 1.12 bits per heavy atom. The second-order valence-corrected chi connectivity index (χ2v) is 5.93. The number of ether oxygens (including phenoxy) is 1. The van der Waals surface area contributed by atoms with Gasteiger partial charge in [-0.2, -0.15) is 17.6 Å². The highest BCUT2D eigenvalue weighted by Crippen LogP contribution is 2.31. The maximum absolute atomic E-state index is 13.1. The lowest BCUT2D eigenvalue weighted by atomic mass is 9.96. The second-order valence-electron chi connectivity index (χ2n) is 5.93. The number of benzene rings is 2. The molecule has 0 spiro atoms. The van der Waals surface area contributed by atoms with Crippen LogP contribution in [0.5, 0.6) is 5.75 Å². The van der Waals surface area contributed by atoms with Crippen LogP contribution in [0.15, 0.2) is 42.5 Å². The average molecular weight is 375 g/mol. The van der Waals surface area contributed by atoms with Gasteiger partial charge in [-0.15, -0.1) is 0 Å². The zero-order valence-corrected chi connectivity index (χ0v) is 13.8. The highest BCUT2D eigenvalue weighted by Gasteiger charge is 2.44. The molecule has 26 heavy (non-hydrogen) atoms. The smallest absolute Gasteiger partial charge is 0.428 e. The number of hydrogen-bond acceptors (Lipinski definition) is 3. The van der Waals surface area contributed by atoms with Gasteiger partial charge in [-0.25, -0.2) is 4.39 Å². The molecule has 3 nitrogen and oxygen atoms in total. The van der Waals surface area contributed by atoms with Gasteiger partial charge in [0.15, 0.2) is 0 Å². The van der Waals surface area contributed by atoms with E-state index in [0.29, 0.717) is 11.1 Å². The molecule has 2 aromatic carbocycles. The van der Waals surface area contributed by atoms with Crippen LogP contribution in [0.3, 0.4) is 0 Å². The van der Waals surface area contributed by atoms with Crippen LogP contribution < -0.4 is 10.5 Å². The maximum Gasteiger partial charge on any atom is 0.461 e. The van der Waals surface area contributed by atoms with E-state index >= 15 is 0 Å². The first kappa shape index (κ1) is 20.1. The third-order valence-corrected chi connectivity index (χ3v) is 3.84. The first-order valence-corrected chi connectivity index (χ1v) is 7.74. The van der Waals surface area contributed by atoms with Crippen molar-refractivity contribution in [3.63, 3.8) is 0 Å². The van der Waals surface area contributed by atoms with Gasteiger partial charge in [0, 0.05) is 6.04 Å². The van der Waals surface area contributed by atoms with Gasteiger partial charge in [0.25, 0.3) is 0 Å². The fourth-order valence-electron chi connectivity index (χ4n) is 2.36. The van der Waals surface area contributed by atoms with Crippen molar-refractivity contribution in [3.8, 4) is 5.75 Å². The summed E-state index contributed by atoms with van der Waals surface area (Å²) < 4.78 is 67.9. The standard InChI is InChI=1S/C18H18F5NO2/c1-10-2-3-11(9-15(10)26-18(22,23)17(20)21)8-14(24)16(25)12-4-6-13(19)7-5-12/h2-7,9,14,16-17,25H,8,24H2,1H3. The van der Waals surface area contributed by atoms with Gasteiger partial charge in [-0.05, 0) is 48.2 Å². The molecule has 142 valence electrons. The van der Waals surface area contributed by atoms with Crippen LogP contribution in [0, 0.1) is 12.7 Å². The van der Waals surface area contributed by atoms with Crippen LogP contribution in [-0.2, 0) is 6.42 Å². The van der Waals surface area contributed by atoms with Gasteiger partial charge in [0.2, 0.25) is 0 Å². The molecule has 0 saturated heterocycles. The van der Waals surface area contributed by atoms with E-state index in [2.05, 4.69) is 4.74 Å². The second kappa shape index (κ2) is 8.01. The summed E-state index contributed by atoms with van der Waals surface area (Å²) in [6.45, 7) is 1.44. The van der Waals surface area contributed by atoms with Crippen LogP contribution in [0.4, 0.5) is 22.0 Å². The zero-order valence-electron chi connectivity index (χ0n) is 13.8. The lowest BCUT2D eigenvalue weighted by Crippen LogP contribution is -2.34. The number of aliphatic hydroxyl groups excluding tert-OH is 1. The molecular weight excluding hydrogens is 357 g/mol. The molecular formula is C18H18F5NO2. The van der Waals surface area contributed by atoms with E-state index in [1.54, 1.807) is 6.07 Å². The summed E-state index contributed by atoms with van der Waals surface area (Å²) in [5.41, 5.74) is 7.00. The van der Waals surface area contributed by atoms with Crippen molar-refractivity contribution in [1.29, 1.82) is 0 Å². The van der Waals surface area contributed by atoms with Crippen LogP contribution >= 0.6 is 0 Å². The molecule has 0 aromatic heterocycles. The summed E-state index contributed by atoms with van der Waals surface area (Å²) >= 11 is 0. The Morgan fingerprint density at radius 3 is 2.31 bits per heavy atom. The Balaban J connectivity index is 2.14. The van der Waals surface area contributed by atoms with Gasteiger partial charge in [0.1, 0.15) is 11.6 Å². The maximum atomic E-state index is 13.1. The molecule has 0 aliphatic heterocycles. The van der Waals surface area contributed by atoms with Gasteiger partial charge in [-0.3, -0.25) is 0 Å². The Morgan fingerprint density at radius 2 is 1.73 bits per heavy atom. The van der Waals surface area contributed by atoms with Gasteiger partial charge in [0.05, 0.1) is 6.10 Å². The lowest BCUT2D eigenvalue weighted by molar-refractivity contribution is -0.253. The van der Waals surface area contributed by atoms with E-state index in [0.717, 1.165) is 0 Å². The van der Waals surface area contributed by atoms with Crippen molar-refractivity contribution in [2.45, 2.75) is 38.0 Å². The highest BCUT2D eigenvalue weighted by molar-refractivity contribution is 5.37. The zero-order chi connectivity index (χ0) is 19.5. The largest absolute Gasteiger partial charge is 0.461 e. The molecule has 2 atom stereocenters. The summed E-state index contributed by atoms with van der Waals surface area (Å²) in [6.07, 6.45) is -9.63. The van der Waals surface area contributed by atoms with Crippen LogP contribution in [0.2, 0.25) is 0 Å². The molecule has 0 aliphatic carbocycles. The van der Waals surface area contributed by atoms with Crippen molar-refractivity contribution >= 4 is 0 Å². The van der Waals surface area contributed by atoms with Crippen molar-refractivity contribution < 1.29 is 31.8 Å². The van der Waals surface area contributed by atoms with E-state index in [4.69, 9.17) is 5.73 Å². The number of aliphatic hydroxyl groups is 1. The topological polar surface area (TPSA) is 55.5 Å². The highest BCUT2D eigenvalue weighted by atomic mass is 19.3. The van der Waals surface area contributed by atoms with Crippen LogP contribution in [-0.4, -0.2) is 23.7 Å². The molecule has 3 N–H and O–H groups in total. The Hall–Kier alpha value is -2.19. The molecule has 0 radical (unpaired) electrons. The minimum atomic E-state index is -4.61. The van der Waals surface area contributed by atoms with Crippen molar-refractivity contribution in [2.24, 2.45) is 5.73 Å². The third-order valence-electron chi connectivity index (χ3n) is 3.84. The van der Waals surface area contributed by atoms with Gasteiger partial charge < -0.3 is 15.6 Å². The van der Waals surface area contributed by atoms with Crippen molar-refractivity contribution in [1.82, 2.24) is 0 Å². The van der Waals surface area contributed by atoms with E-state index in [1.165, 1.54) is 43.3 Å². The number of aryl methyl sites for hydroxylation is 1. The summed E-state index contributed by atoms with van der Waals surface area (Å²) in [5, 5.41) is 10.2. The summed E-state index contributed by atoms with van der Waals surface area (Å²) in [5.74, 6) is -0.855. The number of nitrogens with two attached hydrogens (primary N) is 1. The van der Waals surface area contributed by atoms with Crippen LogP contribution in [0.1, 0.15) is 22.8 Å². The summed E-state index contributed by atoms with van der Waals surface area (Å²) in [7, 11) is 0. The molecule has 0 fully saturated rings. The van der Waals surface area contributed by atoms with Crippen molar-refractivity contribution in [2.75, 3.05) is 0 Å². The quantitative estimate of drug-likeness (QED) is 0.720. The van der Waals surface area contributed by atoms with Gasteiger partial charge in [-0.1, -0.05) is 24.3 Å².